The topological polar surface area (TPSA) is 74.2 Å². The number of anilines is 2. The molecule has 1 aromatic rings. The van der Waals surface area contributed by atoms with Crippen LogP contribution in [-0.2, 0) is 4.79 Å². The third-order valence-corrected chi connectivity index (χ3v) is 3.34. The summed E-state index contributed by atoms with van der Waals surface area (Å²) in [7, 11) is 0. The van der Waals surface area contributed by atoms with Crippen LogP contribution >= 0.6 is 0 Å². The number of aromatic nitrogens is 3. The van der Waals surface area contributed by atoms with E-state index >= 15 is 0 Å². The van der Waals surface area contributed by atoms with Crippen LogP contribution in [0, 0.1) is 5.92 Å². The summed E-state index contributed by atoms with van der Waals surface area (Å²) in [4.78, 5) is 19.1. The smallest absolute Gasteiger partial charge is 0.244 e. The molecule has 2 heterocycles. The monoisotopic (exact) mass is 278 g/mol. The van der Waals surface area contributed by atoms with Crippen LogP contribution in [0.1, 0.15) is 20.3 Å². The molecular weight excluding hydrogens is 256 g/mol. The fraction of sp³-hybridized carbons (Fsp3) is 0.692. The fourth-order valence-corrected chi connectivity index (χ4v) is 2.05. The van der Waals surface area contributed by atoms with Crippen LogP contribution in [0.2, 0.25) is 0 Å². The average molecular weight is 278 g/mol. The van der Waals surface area contributed by atoms with Gasteiger partial charge in [-0.3, -0.25) is 4.79 Å². The largest absolute Gasteiger partial charge is 0.353 e. The molecule has 1 aliphatic rings. The van der Waals surface area contributed by atoms with Gasteiger partial charge in [-0.25, -0.2) is 0 Å². The molecule has 2 rings (SSSR count). The van der Waals surface area contributed by atoms with Crippen molar-refractivity contribution in [3.05, 3.63) is 6.20 Å². The lowest BCUT2D eigenvalue weighted by atomic mass is 10.1. The second-order valence-electron chi connectivity index (χ2n) is 5.38. The van der Waals surface area contributed by atoms with Crippen molar-refractivity contribution in [2.75, 3.05) is 42.9 Å². The second-order valence-corrected chi connectivity index (χ2v) is 5.38. The molecule has 0 spiro atoms. The minimum Gasteiger partial charge on any atom is -0.353 e. The van der Waals surface area contributed by atoms with Crippen molar-refractivity contribution < 1.29 is 4.79 Å². The number of carbonyl (C=O) groups is 1. The third kappa shape index (κ3) is 4.04. The molecule has 1 amide bonds. The molecule has 0 bridgehead atoms. The van der Waals surface area contributed by atoms with Crippen molar-refractivity contribution in [2.24, 2.45) is 5.92 Å². The number of hydrogen-bond acceptors (Lipinski definition) is 6. The van der Waals surface area contributed by atoms with Gasteiger partial charge in [-0.05, 0) is 12.3 Å². The summed E-state index contributed by atoms with van der Waals surface area (Å²) in [6.45, 7) is 8.23. The molecule has 0 unspecified atom stereocenters. The summed E-state index contributed by atoms with van der Waals surface area (Å²) < 4.78 is 0. The van der Waals surface area contributed by atoms with E-state index in [1.54, 1.807) is 11.1 Å². The van der Waals surface area contributed by atoms with Crippen LogP contribution in [0.4, 0.5) is 11.8 Å². The van der Waals surface area contributed by atoms with Gasteiger partial charge in [0.05, 0.1) is 6.20 Å². The van der Waals surface area contributed by atoms with Gasteiger partial charge in [-0.2, -0.15) is 10.1 Å². The van der Waals surface area contributed by atoms with Gasteiger partial charge in [0.25, 0.3) is 0 Å². The van der Waals surface area contributed by atoms with Crippen LogP contribution in [-0.4, -0.2) is 59.2 Å². The van der Waals surface area contributed by atoms with Crippen LogP contribution < -0.4 is 10.2 Å². The SMILES string of the molecule is CC(C)CCNc1nncc(N2CCN(C=O)CC2)n1. The highest BCUT2D eigenvalue weighted by Gasteiger charge is 2.17. The Morgan fingerprint density at radius 1 is 1.35 bits per heavy atom. The highest BCUT2D eigenvalue weighted by molar-refractivity contribution is 5.49. The van der Waals surface area contributed by atoms with E-state index in [1.165, 1.54) is 0 Å². The minimum atomic E-state index is 0.570. The number of piperazine rings is 1. The predicted octanol–water partition coefficient (Wildman–Crippen LogP) is 0.608. The number of rotatable bonds is 6. The Bertz CT molecular complexity index is 431. The zero-order valence-electron chi connectivity index (χ0n) is 12.1. The first kappa shape index (κ1) is 14.5. The van der Waals surface area contributed by atoms with Crippen LogP contribution in [0.3, 0.4) is 0 Å². The molecule has 0 atom stereocenters. The molecule has 1 saturated heterocycles. The number of hydrogen-bond donors (Lipinski definition) is 1. The summed E-state index contributed by atoms with van der Waals surface area (Å²) >= 11 is 0. The number of carbonyl (C=O) groups excluding carboxylic acids is 1. The first-order valence-electron chi connectivity index (χ1n) is 7.07. The van der Waals surface area contributed by atoms with Gasteiger partial charge in [0.1, 0.15) is 0 Å². The van der Waals surface area contributed by atoms with Gasteiger partial charge >= 0.3 is 0 Å². The molecule has 7 heteroatoms. The van der Waals surface area contributed by atoms with Gasteiger partial charge in [0.2, 0.25) is 12.4 Å². The molecular formula is C13H22N6O. The first-order valence-corrected chi connectivity index (χ1v) is 7.07. The fourth-order valence-electron chi connectivity index (χ4n) is 2.05. The van der Waals surface area contributed by atoms with Gasteiger partial charge < -0.3 is 15.1 Å². The molecule has 0 saturated carbocycles. The number of amides is 1. The molecule has 0 radical (unpaired) electrons. The summed E-state index contributed by atoms with van der Waals surface area (Å²) in [5, 5.41) is 11.2. The first-order chi connectivity index (χ1) is 9.69. The van der Waals surface area contributed by atoms with Gasteiger partial charge in [-0.1, -0.05) is 13.8 Å². The maximum Gasteiger partial charge on any atom is 0.244 e. The Hall–Kier alpha value is -1.92. The van der Waals surface area contributed by atoms with Gasteiger partial charge in [0, 0.05) is 32.7 Å². The Labute approximate surface area is 119 Å². The zero-order valence-corrected chi connectivity index (χ0v) is 12.1. The molecule has 20 heavy (non-hydrogen) atoms. The van der Waals surface area contributed by atoms with E-state index in [0.717, 1.165) is 51.4 Å². The molecule has 110 valence electrons. The van der Waals surface area contributed by atoms with E-state index in [0.29, 0.717) is 11.9 Å². The van der Waals surface area contributed by atoms with Crippen molar-refractivity contribution in [3.63, 3.8) is 0 Å². The van der Waals surface area contributed by atoms with Gasteiger partial charge in [-0.15, -0.1) is 5.10 Å². The van der Waals surface area contributed by atoms with Gasteiger partial charge in [0.15, 0.2) is 5.82 Å². The summed E-state index contributed by atoms with van der Waals surface area (Å²) in [6.07, 6.45) is 3.64. The van der Waals surface area contributed by atoms with E-state index in [9.17, 15) is 4.79 Å². The predicted molar refractivity (Wildman–Crippen MR) is 77.6 cm³/mol. The number of nitrogens with zero attached hydrogens (tertiary/aromatic N) is 5. The Kier molecular flexibility index (Phi) is 5.09. The summed E-state index contributed by atoms with van der Waals surface area (Å²) in [5.41, 5.74) is 0. The quantitative estimate of drug-likeness (QED) is 0.768. The Balaban J connectivity index is 1.90. The summed E-state index contributed by atoms with van der Waals surface area (Å²) in [5.74, 6) is 2.04. The minimum absolute atomic E-state index is 0.570. The maximum absolute atomic E-state index is 10.7. The standard InChI is InChI=1S/C13H22N6O/c1-11(2)3-4-14-13-16-12(9-15-17-13)19-7-5-18(10-20)6-8-19/h9-11H,3-8H2,1-2H3,(H,14,16,17). The molecule has 1 aliphatic heterocycles. The van der Waals surface area contributed by atoms with E-state index in [4.69, 9.17) is 0 Å². The lowest BCUT2D eigenvalue weighted by molar-refractivity contribution is -0.118. The Morgan fingerprint density at radius 3 is 2.75 bits per heavy atom. The summed E-state index contributed by atoms with van der Waals surface area (Å²) in [6, 6.07) is 0. The van der Waals surface area contributed by atoms with E-state index in [2.05, 4.69) is 39.2 Å². The van der Waals surface area contributed by atoms with Crippen LogP contribution in [0.25, 0.3) is 0 Å². The normalized spacial score (nSPS) is 15.6. The molecule has 1 N–H and O–H groups in total. The highest BCUT2D eigenvalue weighted by Crippen LogP contribution is 2.13. The third-order valence-electron chi connectivity index (χ3n) is 3.34. The number of nitrogens with one attached hydrogen (secondary N) is 1. The van der Waals surface area contributed by atoms with E-state index in [1.807, 2.05) is 0 Å². The molecule has 1 aromatic heterocycles. The second kappa shape index (κ2) is 7.02. The molecule has 1 fully saturated rings. The average Bonchev–Trinajstić information content (AvgIpc) is 2.47. The maximum atomic E-state index is 10.7. The molecule has 0 aromatic carbocycles. The van der Waals surface area contributed by atoms with Crippen LogP contribution in [0.5, 0.6) is 0 Å². The molecule has 0 aliphatic carbocycles. The highest BCUT2D eigenvalue weighted by atomic mass is 16.1. The van der Waals surface area contributed by atoms with Crippen molar-refractivity contribution >= 4 is 18.2 Å². The lowest BCUT2D eigenvalue weighted by Crippen LogP contribution is -2.46. The zero-order chi connectivity index (χ0) is 14.4. The Morgan fingerprint density at radius 2 is 2.10 bits per heavy atom. The molecule has 7 nitrogen and oxygen atoms in total. The van der Waals surface area contributed by atoms with E-state index in [-0.39, 0.29) is 0 Å². The van der Waals surface area contributed by atoms with Crippen molar-refractivity contribution in [1.29, 1.82) is 0 Å². The van der Waals surface area contributed by atoms with Crippen LogP contribution in [0.15, 0.2) is 6.20 Å². The van der Waals surface area contributed by atoms with E-state index < -0.39 is 0 Å². The van der Waals surface area contributed by atoms with Crippen molar-refractivity contribution in [3.8, 4) is 0 Å². The lowest BCUT2D eigenvalue weighted by Gasteiger charge is -2.33. The van der Waals surface area contributed by atoms with Crippen molar-refractivity contribution in [2.45, 2.75) is 20.3 Å². The van der Waals surface area contributed by atoms with Crippen molar-refractivity contribution in [1.82, 2.24) is 20.1 Å².